The summed E-state index contributed by atoms with van der Waals surface area (Å²) in [5.74, 6) is -0.0619. The average Bonchev–Trinajstić information content (AvgIpc) is 2.65. The van der Waals surface area contributed by atoms with Crippen molar-refractivity contribution >= 4 is 49.1 Å². The van der Waals surface area contributed by atoms with Crippen LogP contribution in [0.25, 0.3) is 0 Å². The molecule has 0 atom stereocenters. The molecule has 1 heterocycles. The number of halogens is 2. The van der Waals surface area contributed by atoms with E-state index in [0.29, 0.717) is 15.2 Å². The lowest BCUT2D eigenvalue weighted by molar-refractivity contribution is 0.592. The van der Waals surface area contributed by atoms with Gasteiger partial charge < -0.3 is 10.3 Å². The molecule has 0 fully saturated rings. The second kappa shape index (κ2) is 5.03. The summed E-state index contributed by atoms with van der Waals surface area (Å²) in [6.07, 6.45) is 1.33. The van der Waals surface area contributed by atoms with Gasteiger partial charge in [-0.15, -0.1) is 0 Å². The predicted octanol–water partition coefficient (Wildman–Crippen LogP) is 2.22. The highest BCUT2D eigenvalue weighted by Crippen LogP contribution is 2.32. The Morgan fingerprint density at radius 1 is 1.47 bits per heavy atom. The number of nitrogens with two attached hydrogens (primary N) is 1. The maximum Gasteiger partial charge on any atom is 0.281 e. The third-order valence-corrected chi connectivity index (χ3v) is 5.25. The number of nitrogens with zero attached hydrogens (tertiary/aromatic N) is 2. The predicted molar refractivity (Wildman–Crippen MR) is 77.6 cm³/mol. The minimum absolute atomic E-state index is 0.0619. The van der Waals surface area contributed by atoms with Crippen molar-refractivity contribution in [3.05, 3.63) is 34.0 Å². The van der Waals surface area contributed by atoms with Crippen molar-refractivity contribution in [1.29, 1.82) is 0 Å². The van der Waals surface area contributed by atoms with Crippen molar-refractivity contribution in [2.75, 3.05) is 10.5 Å². The lowest BCUT2D eigenvalue weighted by Gasteiger charge is -2.11. The fourth-order valence-corrected chi connectivity index (χ4v) is 3.52. The number of rotatable bonds is 3. The van der Waals surface area contributed by atoms with Crippen LogP contribution in [0, 0.1) is 0 Å². The number of nitrogen functional groups attached to an aromatic ring is 1. The first-order valence-electron chi connectivity index (χ1n) is 5.06. The smallest absolute Gasteiger partial charge is 0.281 e. The molecule has 0 bridgehead atoms. The highest BCUT2D eigenvalue weighted by molar-refractivity contribution is 9.10. The molecule has 0 amide bonds. The van der Waals surface area contributed by atoms with Gasteiger partial charge in [-0.3, -0.25) is 4.72 Å². The van der Waals surface area contributed by atoms with E-state index in [1.54, 1.807) is 25.2 Å². The van der Waals surface area contributed by atoms with Crippen molar-refractivity contribution in [3.8, 4) is 0 Å². The lowest BCUT2D eigenvalue weighted by atomic mass is 10.3. The van der Waals surface area contributed by atoms with Gasteiger partial charge in [0, 0.05) is 7.05 Å². The summed E-state index contributed by atoms with van der Waals surface area (Å²) in [6, 6.07) is 4.86. The summed E-state index contributed by atoms with van der Waals surface area (Å²) in [6.45, 7) is 0. The molecule has 2 aromatic rings. The molecule has 0 radical (unpaired) electrons. The minimum atomic E-state index is -3.83. The van der Waals surface area contributed by atoms with Gasteiger partial charge in [-0.25, -0.2) is 4.98 Å². The number of aromatic nitrogens is 2. The number of hydrogen-bond acceptors (Lipinski definition) is 4. The van der Waals surface area contributed by atoms with Gasteiger partial charge in [0.15, 0.2) is 10.8 Å². The summed E-state index contributed by atoms with van der Waals surface area (Å²) < 4.78 is 28.7. The fraction of sp³-hybridized carbons (Fsp3) is 0.100. The SMILES string of the molecule is Cn1cnc(N)c1S(=O)(=O)Nc1cccc(Cl)c1Br. The van der Waals surface area contributed by atoms with Crippen LogP contribution in [0.4, 0.5) is 11.5 Å². The third kappa shape index (κ3) is 2.70. The summed E-state index contributed by atoms with van der Waals surface area (Å²) in [5.41, 5.74) is 5.89. The number of hydrogen-bond donors (Lipinski definition) is 2. The molecule has 0 saturated carbocycles. The van der Waals surface area contributed by atoms with Crippen LogP contribution in [-0.2, 0) is 17.1 Å². The van der Waals surface area contributed by atoms with Gasteiger partial charge in [0.1, 0.15) is 0 Å². The Kier molecular flexibility index (Phi) is 3.75. The summed E-state index contributed by atoms with van der Waals surface area (Å²) in [5, 5.41) is 0.303. The van der Waals surface area contributed by atoms with Crippen LogP contribution in [0.15, 0.2) is 34.0 Å². The quantitative estimate of drug-likeness (QED) is 0.872. The van der Waals surface area contributed by atoms with Crippen molar-refractivity contribution in [1.82, 2.24) is 9.55 Å². The van der Waals surface area contributed by atoms with E-state index in [1.807, 2.05) is 0 Å². The van der Waals surface area contributed by atoms with Crippen molar-refractivity contribution in [2.24, 2.45) is 7.05 Å². The van der Waals surface area contributed by atoms with Crippen LogP contribution < -0.4 is 10.5 Å². The van der Waals surface area contributed by atoms with Crippen LogP contribution in [0.5, 0.6) is 0 Å². The molecule has 0 unspecified atom stereocenters. The standard InChI is InChI=1S/C10H10BrClN4O2S/c1-16-5-14-9(13)10(16)19(17,18)15-7-4-2-3-6(12)8(7)11/h2-5,15H,13H2,1H3. The Hall–Kier alpha value is -1.25. The van der Waals surface area contributed by atoms with E-state index >= 15 is 0 Å². The highest BCUT2D eigenvalue weighted by Gasteiger charge is 2.23. The van der Waals surface area contributed by atoms with E-state index in [-0.39, 0.29) is 10.8 Å². The molecule has 0 saturated heterocycles. The zero-order valence-electron chi connectivity index (χ0n) is 9.76. The van der Waals surface area contributed by atoms with Gasteiger partial charge in [0.05, 0.1) is 21.5 Å². The molecule has 102 valence electrons. The molecular formula is C10H10BrClN4O2S. The maximum absolute atomic E-state index is 12.3. The molecule has 19 heavy (non-hydrogen) atoms. The monoisotopic (exact) mass is 364 g/mol. The molecule has 1 aromatic carbocycles. The first-order valence-corrected chi connectivity index (χ1v) is 7.72. The van der Waals surface area contributed by atoms with E-state index < -0.39 is 10.0 Å². The molecule has 0 spiro atoms. The van der Waals surface area contributed by atoms with E-state index in [9.17, 15) is 8.42 Å². The Morgan fingerprint density at radius 3 is 2.74 bits per heavy atom. The van der Waals surface area contributed by atoms with Crippen LogP contribution in [0.1, 0.15) is 0 Å². The summed E-state index contributed by atoms with van der Waals surface area (Å²) in [7, 11) is -2.29. The van der Waals surface area contributed by atoms with Gasteiger partial charge in [0.2, 0.25) is 0 Å². The van der Waals surface area contributed by atoms with Gasteiger partial charge in [-0.1, -0.05) is 17.7 Å². The Labute approximate surface area is 123 Å². The number of benzene rings is 1. The molecule has 0 aliphatic carbocycles. The molecule has 0 aliphatic heterocycles. The van der Waals surface area contributed by atoms with Crippen LogP contribution >= 0.6 is 27.5 Å². The maximum atomic E-state index is 12.3. The van der Waals surface area contributed by atoms with E-state index in [1.165, 1.54) is 10.9 Å². The Balaban J connectivity index is 2.46. The van der Waals surface area contributed by atoms with Crippen molar-refractivity contribution in [2.45, 2.75) is 5.03 Å². The summed E-state index contributed by atoms with van der Waals surface area (Å²) >= 11 is 9.13. The van der Waals surface area contributed by atoms with Gasteiger partial charge in [-0.05, 0) is 28.1 Å². The van der Waals surface area contributed by atoms with Crippen molar-refractivity contribution < 1.29 is 8.42 Å². The van der Waals surface area contributed by atoms with Gasteiger partial charge in [0.25, 0.3) is 10.0 Å². The number of anilines is 2. The second-order valence-corrected chi connectivity index (χ2v) is 6.55. The number of imidazole rings is 1. The molecule has 0 aliphatic rings. The molecule has 9 heteroatoms. The van der Waals surface area contributed by atoms with Gasteiger partial charge in [-0.2, -0.15) is 8.42 Å². The Bertz CT molecular complexity index is 710. The molecule has 3 N–H and O–H groups in total. The number of nitrogens with one attached hydrogen (secondary N) is 1. The first-order chi connectivity index (χ1) is 8.83. The highest BCUT2D eigenvalue weighted by atomic mass is 79.9. The molecule has 6 nitrogen and oxygen atoms in total. The van der Waals surface area contributed by atoms with Crippen LogP contribution in [0.3, 0.4) is 0 Å². The van der Waals surface area contributed by atoms with E-state index in [0.717, 1.165) is 0 Å². The lowest BCUT2D eigenvalue weighted by Crippen LogP contribution is -2.17. The molecule has 2 rings (SSSR count). The van der Waals surface area contributed by atoms with E-state index in [4.69, 9.17) is 17.3 Å². The average molecular weight is 366 g/mol. The van der Waals surface area contributed by atoms with Gasteiger partial charge >= 0.3 is 0 Å². The number of aryl methyl sites for hydroxylation is 1. The minimum Gasteiger partial charge on any atom is -0.381 e. The normalized spacial score (nSPS) is 11.5. The second-order valence-electron chi connectivity index (χ2n) is 3.75. The van der Waals surface area contributed by atoms with Crippen LogP contribution in [-0.4, -0.2) is 18.0 Å². The largest absolute Gasteiger partial charge is 0.381 e. The number of sulfonamides is 1. The van der Waals surface area contributed by atoms with Crippen molar-refractivity contribution in [3.63, 3.8) is 0 Å². The molecule has 1 aromatic heterocycles. The first kappa shape index (κ1) is 14.2. The zero-order valence-corrected chi connectivity index (χ0v) is 12.9. The van der Waals surface area contributed by atoms with E-state index in [2.05, 4.69) is 25.6 Å². The molecular weight excluding hydrogens is 356 g/mol. The topological polar surface area (TPSA) is 90.0 Å². The fourth-order valence-electron chi connectivity index (χ4n) is 1.54. The van der Waals surface area contributed by atoms with Crippen LogP contribution in [0.2, 0.25) is 5.02 Å². The third-order valence-electron chi connectivity index (χ3n) is 2.36. The zero-order chi connectivity index (χ0) is 14.2. The summed E-state index contributed by atoms with van der Waals surface area (Å²) in [4.78, 5) is 3.75. The Morgan fingerprint density at radius 2 is 2.16 bits per heavy atom.